The normalized spacial score (nSPS) is 11.6. The van der Waals surface area contributed by atoms with Crippen LogP contribution in [0.5, 0.6) is 0 Å². The first-order valence-corrected chi connectivity index (χ1v) is 6.22. The van der Waals surface area contributed by atoms with Crippen molar-refractivity contribution in [2.45, 2.75) is 40.2 Å². The molecule has 0 amide bonds. The minimum atomic E-state index is 0.426. The summed E-state index contributed by atoms with van der Waals surface area (Å²) in [4.78, 5) is 4.74. The zero-order valence-corrected chi connectivity index (χ0v) is 11.1. The van der Waals surface area contributed by atoms with Crippen LogP contribution in [0, 0.1) is 13.8 Å². The number of aromatic nitrogens is 2. The molecule has 0 saturated heterocycles. The van der Waals surface area contributed by atoms with Crippen LogP contribution in [0.4, 0.5) is 0 Å². The molecule has 1 aromatic carbocycles. The molecule has 92 valence electrons. The Morgan fingerprint density at radius 2 is 1.88 bits per heavy atom. The molecule has 0 bridgehead atoms. The van der Waals surface area contributed by atoms with Gasteiger partial charge in [0, 0.05) is 19.0 Å². The van der Waals surface area contributed by atoms with E-state index in [-0.39, 0.29) is 0 Å². The fourth-order valence-electron chi connectivity index (χ4n) is 2.20. The molecule has 0 aliphatic heterocycles. The van der Waals surface area contributed by atoms with Crippen LogP contribution in [0.15, 0.2) is 12.1 Å². The largest absolute Gasteiger partial charge is 0.329 e. The summed E-state index contributed by atoms with van der Waals surface area (Å²) in [5, 5.41) is 0. The van der Waals surface area contributed by atoms with E-state index in [9.17, 15) is 0 Å². The van der Waals surface area contributed by atoms with Gasteiger partial charge in [0.25, 0.3) is 0 Å². The van der Waals surface area contributed by atoms with E-state index in [1.807, 2.05) is 0 Å². The van der Waals surface area contributed by atoms with Crippen LogP contribution >= 0.6 is 0 Å². The molecule has 0 fully saturated rings. The van der Waals surface area contributed by atoms with E-state index in [0.717, 1.165) is 17.9 Å². The van der Waals surface area contributed by atoms with E-state index in [1.165, 1.54) is 16.6 Å². The Hall–Kier alpha value is -1.35. The molecule has 0 unspecified atom stereocenters. The summed E-state index contributed by atoms with van der Waals surface area (Å²) in [6.07, 6.45) is 0. The summed E-state index contributed by atoms with van der Waals surface area (Å²) in [6.45, 7) is 10.1. The monoisotopic (exact) mass is 231 g/mol. The predicted octanol–water partition coefficient (Wildman–Crippen LogP) is 2.74. The van der Waals surface area contributed by atoms with Crippen LogP contribution in [0.3, 0.4) is 0 Å². The minimum Gasteiger partial charge on any atom is -0.329 e. The fourth-order valence-corrected chi connectivity index (χ4v) is 2.20. The summed E-state index contributed by atoms with van der Waals surface area (Å²) in [7, 11) is 0. The molecule has 3 nitrogen and oxygen atoms in total. The molecular formula is C14H21N3. The number of nitrogens with two attached hydrogens (primary N) is 1. The van der Waals surface area contributed by atoms with E-state index in [1.54, 1.807) is 0 Å². The van der Waals surface area contributed by atoms with E-state index in [2.05, 4.69) is 44.4 Å². The molecule has 0 atom stereocenters. The SMILES string of the molecule is Cc1cc2nc(C(C)C)n(CCN)c2cc1C. The van der Waals surface area contributed by atoms with Crippen LogP contribution in [-0.2, 0) is 6.54 Å². The molecule has 0 radical (unpaired) electrons. The first kappa shape index (κ1) is 12.1. The molecule has 0 aliphatic rings. The lowest BCUT2D eigenvalue weighted by molar-refractivity contribution is 0.641. The molecule has 0 spiro atoms. The molecule has 0 saturated carbocycles. The lowest BCUT2D eigenvalue weighted by atomic mass is 10.1. The fraction of sp³-hybridized carbons (Fsp3) is 0.500. The number of hydrogen-bond acceptors (Lipinski definition) is 2. The van der Waals surface area contributed by atoms with E-state index in [4.69, 9.17) is 10.7 Å². The van der Waals surface area contributed by atoms with Gasteiger partial charge >= 0.3 is 0 Å². The second kappa shape index (κ2) is 4.49. The van der Waals surface area contributed by atoms with Crippen molar-refractivity contribution in [2.75, 3.05) is 6.54 Å². The third-order valence-corrected chi connectivity index (χ3v) is 3.26. The number of aryl methyl sites for hydroxylation is 2. The maximum Gasteiger partial charge on any atom is 0.112 e. The first-order chi connectivity index (χ1) is 8.04. The zero-order valence-electron chi connectivity index (χ0n) is 11.1. The Kier molecular flexibility index (Phi) is 3.20. The highest BCUT2D eigenvalue weighted by Crippen LogP contribution is 2.24. The zero-order chi connectivity index (χ0) is 12.6. The quantitative estimate of drug-likeness (QED) is 0.882. The highest BCUT2D eigenvalue weighted by molar-refractivity contribution is 5.78. The molecule has 2 rings (SSSR count). The van der Waals surface area contributed by atoms with Crippen LogP contribution in [0.2, 0.25) is 0 Å². The summed E-state index contributed by atoms with van der Waals surface area (Å²) in [5.41, 5.74) is 10.6. The maximum atomic E-state index is 5.70. The maximum absolute atomic E-state index is 5.70. The van der Waals surface area contributed by atoms with Crippen molar-refractivity contribution in [3.63, 3.8) is 0 Å². The topological polar surface area (TPSA) is 43.8 Å². The highest BCUT2D eigenvalue weighted by atomic mass is 15.1. The molecule has 3 heteroatoms. The Balaban J connectivity index is 2.71. The Bertz CT molecular complexity index is 538. The average molecular weight is 231 g/mol. The van der Waals surface area contributed by atoms with Gasteiger partial charge in [-0.1, -0.05) is 13.8 Å². The molecule has 0 aliphatic carbocycles. The lowest BCUT2D eigenvalue weighted by Gasteiger charge is -2.10. The van der Waals surface area contributed by atoms with Gasteiger partial charge in [-0.25, -0.2) is 4.98 Å². The van der Waals surface area contributed by atoms with Gasteiger partial charge in [-0.15, -0.1) is 0 Å². The number of nitrogens with zero attached hydrogens (tertiary/aromatic N) is 2. The Morgan fingerprint density at radius 3 is 2.47 bits per heavy atom. The van der Waals surface area contributed by atoms with Crippen LogP contribution in [-0.4, -0.2) is 16.1 Å². The van der Waals surface area contributed by atoms with E-state index >= 15 is 0 Å². The summed E-state index contributed by atoms with van der Waals surface area (Å²) < 4.78 is 2.26. The molecule has 2 aromatic rings. The van der Waals surface area contributed by atoms with Crippen molar-refractivity contribution >= 4 is 11.0 Å². The highest BCUT2D eigenvalue weighted by Gasteiger charge is 2.13. The Morgan fingerprint density at radius 1 is 1.24 bits per heavy atom. The predicted molar refractivity (Wildman–Crippen MR) is 72.4 cm³/mol. The van der Waals surface area contributed by atoms with E-state index < -0.39 is 0 Å². The summed E-state index contributed by atoms with van der Waals surface area (Å²) >= 11 is 0. The van der Waals surface area contributed by atoms with Crippen LogP contribution in [0.25, 0.3) is 11.0 Å². The van der Waals surface area contributed by atoms with Gasteiger partial charge in [0.2, 0.25) is 0 Å². The molecule has 2 N–H and O–H groups in total. The number of hydrogen-bond donors (Lipinski definition) is 1. The molecule has 17 heavy (non-hydrogen) atoms. The lowest BCUT2D eigenvalue weighted by Crippen LogP contribution is -2.13. The van der Waals surface area contributed by atoms with Crippen molar-refractivity contribution in [2.24, 2.45) is 5.73 Å². The number of imidazole rings is 1. The van der Waals surface area contributed by atoms with E-state index in [0.29, 0.717) is 12.5 Å². The van der Waals surface area contributed by atoms with Gasteiger partial charge in [-0.3, -0.25) is 0 Å². The standard InChI is InChI=1S/C14H21N3/c1-9(2)14-16-12-7-10(3)11(4)8-13(12)17(14)6-5-15/h7-9H,5-6,15H2,1-4H3. The molecular weight excluding hydrogens is 210 g/mol. The molecule has 1 aromatic heterocycles. The van der Waals surface area contributed by atoms with Crippen LogP contribution in [0.1, 0.15) is 36.7 Å². The second-order valence-electron chi connectivity index (χ2n) is 4.99. The van der Waals surface area contributed by atoms with Crippen molar-refractivity contribution in [3.05, 3.63) is 29.1 Å². The minimum absolute atomic E-state index is 0.426. The van der Waals surface area contributed by atoms with Crippen molar-refractivity contribution in [1.29, 1.82) is 0 Å². The van der Waals surface area contributed by atoms with Gasteiger partial charge in [0.15, 0.2) is 0 Å². The second-order valence-corrected chi connectivity index (χ2v) is 4.99. The third kappa shape index (κ3) is 2.07. The van der Waals surface area contributed by atoms with Gasteiger partial charge in [0.1, 0.15) is 5.82 Å². The van der Waals surface area contributed by atoms with Crippen molar-refractivity contribution in [3.8, 4) is 0 Å². The smallest absolute Gasteiger partial charge is 0.112 e. The van der Waals surface area contributed by atoms with Gasteiger partial charge in [-0.05, 0) is 37.1 Å². The number of fused-ring (bicyclic) bond motifs is 1. The third-order valence-electron chi connectivity index (χ3n) is 3.26. The average Bonchev–Trinajstić information content (AvgIpc) is 2.59. The van der Waals surface area contributed by atoms with Gasteiger partial charge < -0.3 is 10.3 Å². The van der Waals surface area contributed by atoms with Gasteiger partial charge in [-0.2, -0.15) is 0 Å². The van der Waals surface area contributed by atoms with Crippen LogP contribution < -0.4 is 5.73 Å². The molecule has 1 heterocycles. The number of benzene rings is 1. The summed E-state index contributed by atoms with van der Waals surface area (Å²) in [5.74, 6) is 1.56. The summed E-state index contributed by atoms with van der Waals surface area (Å²) in [6, 6.07) is 4.39. The number of rotatable bonds is 3. The van der Waals surface area contributed by atoms with Crippen molar-refractivity contribution < 1.29 is 0 Å². The Labute approximate surface area is 103 Å². The van der Waals surface area contributed by atoms with Crippen molar-refractivity contribution in [1.82, 2.24) is 9.55 Å². The first-order valence-electron chi connectivity index (χ1n) is 6.22. The van der Waals surface area contributed by atoms with Gasteiger partial charge in [0.05, 0.1) is 11.0 Å².